The standard InChI is InChI=1S/C17H27BrN2O/c1-13(2)19-12-14-7-8-16(11-17(14)18)20(9-4-10-21)15-5-3-6-15/h7-8,11,13,15,19,21H,3-6,9-10,12H2,1-2H3. The number of aliphatic hydroxyl groups is 1. The van der Waals surface area contributed by atoms with E-state index in [4.69, 9.17) is 5.11 Å². The quantitative estimate of drug-likeness (QED) is 0.747. The van der Waals surface area contributed by atoms with Crippen LogP contribution in [-0.4, -0.2) is 30.3 Å². The van der Waals surface area contributed by atoms with E-state index in [9.17, 15) is 0 Å². The maximum atomic E-state index is 9.11. The number of nitrogens with one attached hydrogen (secondary N) is 1. The summed E-state index contributed by atoms with van der Waals surface area (Å²) >= 11 is 3.71. The van der Waals surface area contributed by atoms with Crippen molar-refractivity contribution in [2.45, 2.75) is 58.2 Å². The molecule has 0 radical (unpaired) electrons. The van der Waals surface area contributed by atoms with E-state index >= 15 is 0 Å². The predicted molar refractivity (Wildman–Crippen MR) is 92.8 cm³/mol. The van der Waals surface area contributed by atoms with Crippen molar-refractivity contribution in [3.05, 3.63) is 28.2 Å². The Balaban J connectivity index is 2.08. The van der Waals surface area contributed by atoms with Crippen molar-refractivity contribution < 1.29 is 5.11 Å². The van der Waals surface area contributed by atoms with Crippen LogP contribution in [0.1, 0.15) is 45.1 Å². The van der Waals surface area contributed by atoms with Gasteiger partial charge >= 0.3 is 0 Å². The molecule has 2 rings (SSSR count). The average Bonchev–Trinajstić information content (AvgIpc) is 2.39. The molecule has 1 fully saturated rings. The molecular weight excluding hydrogens is 328 g/mol. The van der Waals surface area contributed by atoms with E-state index in [-0.39, 0.29) is 6.61 Å². The smallest absolute Gasteiger partial charge is 0.0447 e. The Labute approximate surface area is 136 Å². The first-order valence-corrected chi connectivity index (χ1v) is 8.80. The Bertz CT molecular complexity index is 446. The predicted octanol–water partition coefficient (Wildman–Crippen LogP) is 3.69. The summed E-state index contributed by atoms with van der Waals surface area (Å²) in [6.07, 6.45) is 4.72. The fourth-order valence-electron chi connectivity index (χ4n) is 2.63. The number of rotatable bonds is 8. The second-order valence-electron chi connectivity index (χ2n) is 6.17. The van der Waals surface area contributed by atoms with Gasteiger partial charge in [-0.25, -0.2) is 0 Å². The molecule has 0 bridgehead atoms. The lowest BCUT2D eigenvalue weighted by Gasteiger charge is -2.39. The topological polar surface area (TPSA) is 35.5 Å². The third-order valence-electron chi connectivity index (χ3n) is 4.14. The lowest BCUT2D eigenvalue weighted by Crippen LogP contribution is -2.41. The third-order valence-corrected chi connectivity index (χ3v) is 4.88. The SMILES string of the molecule is CC(C)NCc1ccc(N(CCCO)C2CCC2)cc1Br. The van der Waals surface area contributed by atoms with Crippen molar-refractivity contribution >= 4 is 21.6 Å². The highest BCUT2D eigenvalue weighted by atomic mass is 79.9. The van der Waals surface area contributed by atoms with Gasteiger partial charge in [0.2, 0.25) is 0 Å². The van der Waals surface area contributed by atoms with Crippen molar-refractivity contribution in [3.8, 4) is 0 Å². The first kappa shape index (κ1) is 16.8. The second kappa shape index (κ2) is 8.16. The third kappa shape index (κ3) is 4.70. The van der Waals surface area contributed by atoms with Crippen molar-refractivity contribution in [3.63, 3.8) is 0 Å². The molecule has 0 unspecified atom stereocenters. The molecule has 118 valence electrons. The van der Waals surface area contributed by atoms with E-state index in [1.807, 2.05) is 0 Å². The molecule has 0 saturated heterocycles. The monoisotopic (exact) mass is 354 g/mol. The largest absolute Gasteiger partial charge is 0.396 e. The summed E-state index contributed by atoms with van der Waals surface area (Å²) in [7, 11) is 0. The molecule has 21 heavy (non-hydrogen) atoms. The number of halogens is 1. The van der Waals surface area contributed by atoms with Crippen LogP contribution in [0.2, 0.25) is 0 Å². The Kier molecular flexibility index (Phi) is 6.52. The summed E-state index contributed by atoms with van der Waals surface area (Å²) in [5.41, 5.74) is 2.57. The zero-order valence-corrected chi connectivity index (χ0v) is 14.7. The molecule has 0 heterocycles. The van der Waals surface area contributed by atoms with E-state index in [1.165, 1.54) is 35.0 Å². The van der Waals surface area contributed by atoms with Gasteiger partial charge in [0.05, 0.1) is 0 Å². The number of benzene rings is 1. The van der Waals surface area contributed by atoms with Gasteiger partial charge in [0.25, 0.3) is 0 Å². The lowest BCUT2D eigenvalue weighted by atomic mass is 9.91. The first-order chi connectivity index (χ1) is 10.1. The molecule has 1 saturated carbocycles. The number of aliphatic hydroxyl groups excluding tert-OH is 1. The molecular formula is C17H27BrN2O. The van der Waals surface area contributed by atoms with Gasteiger partial charge in [-0.3, -0.25) is 0 Å². The average molecular weight is 355 g/mol. The molecule has 0 atom stereocenters. The second-order valence-corrected chi connectivity index (χ2v) is 7.02. The van der Waals surface area contributed by atoms with Gasteiger partial charge in [0.15, 0.2) is 0 Å². The molecule has 0 aliphatic heterocycles. The van der Waals surface area contributed by atoms with Crippen molar-refractivity contribution in [1.82, 2.24) is 5.32 Å². The summed E-state index contributed by atoms with van der Waals surface area (Å²) in [5.74, 6) is 0. The molecule has 1 aliphatic rings. The summed E-state index contributed by atoms with van der Waals surface area (Å²) < 4.78 is 1.17. The summed E-state index contributed by atoms with van der Waals surface area (Å²) in [4.78, 5) is 2.46. The van der Waals surface area contributed by atoms with Gasteiger partial charge < -0.3 is 15.3 Å². The normalized spacial score (nSPS) is 15.3. The maximum Gasteiger partial charge on any atom is 0.0447 e. The van der Waals surface area contributed by atoms with E-state index < -0.39 is 0 Å². The maximum absolute atomic E-state index is 9.11. The first-order valence-electron chi connectivity index (χ1n) is 8.01. The highest BCUT2D eigenvalue weighted by Gasteiger charge is 2.25. The zero-order chi connectivity index (χ0) is 15.2. The van der Waals surface area contributed by atoms with Gasteiger partial charge in [-0.1, -0.05) is 35.8 Å². The molecule has 0 amide bonds. The summed E-state index contributed by atoms with van der Waals surface area (Å²) in [6, 6.07) is 7.81. The molecule has 1 aromatic rings. The minimum Gasteiger partial charge on any atom is -0.396 e. The molecule has 2 N–H and O–H groups in total. The molecule has 1 aliphatic carbocycles. The number of anilines is 1. The van der Waals surface area contributed by atoms with Crippen LogP contribution >= 0.6 is 15.9 Å². The number of hydrogen-bond acceptors (Lipinski definition) is 3. The zero-order valence-electron chi connectivity index (χ0n) is 13.1. The highest BCUT2D eigenvalue weighted by molar-refractivity contribution is 9.10. The van der Waals surface area contributed by atoms with Crippen molar-refractivity contribution in [1.29, 1.82) is 0 Å². The van der Waals surface area contributed by atoms with Gasteiger partial charge in [0.1, 0.15) is 0 Å². The molecule has 0 aromatic heterocycles. The van der Waals surface area contributed by atoms with Gasteiger partial charge in [-0.15, -0.1) is 0 Å². The Hall–Kier alpha value is -0.580. The Morgan fingerprint density at radius 3 is 2.67 bits per heavy atom. The van der Waals surface area contributed by atoms with E-state index in [0.717, 1.165) is 19.5 Å². The summed E-state index contributed by atoms with van der Waals surface area (Å²) in [5, 5.41) is 12.6. The van der Waals surface area contributed by atoms with Crippen LogP contribution in [0, 0.1) is 0 Å². The van der Waals surface area contributed by atoms with Crippen LogP contribution in [0.25, 0.3) is 0 Å². The van der Waals surface area contributed by atoms with E-state index in [0.29, 0.717) is 12.1 Å². The van der Waals surface area contributed by atoms with Crippen LogP contribution in [0.3, 0.4) is 0 Å². The molecule has 4 heteroatoms. The van der Waals surface area contributed by atoms with Crippen LogP contribution < -0.4 is 10.2 Å². The van der Waals surface area contributed by atoms with Gasteiger partial charge in [-0.05, 0) is 43.4 Å². The van der Waals surface area contributed by atoms with Crippen molar-refractivity contribution in [2.24, 2.45) is 0 Å². The van der Waals surface area contributed by atoms with Gasteiger partial charge in [-0.2, -0.15) is 0 Å². The highest BCUT2D eigenvalue weighted by Crippen LogP contribution is 2.32. The molecule has 3 nitrogen and oxygen atoms in total. The van der Waals surface area contributed by atoms with E-state index in [2.05, 4.69) is 58.2 Å². The van der Waals surface area contributed by atoms with Crippen molar-refractivity contribution in [2.75, 3.05) is 18.1 Å². The number of nitrogens with zero attached hydrogens (tertiary/aromatic N) is 1. The fourth-order valence-corrected chi connectivity index (χ4v) is 3.14. The summed E-state index contributed by atoms with van der Waals surface area (Å²) in [6.45, 7) is 6.42. The van der Waals surface area contributed by atoms with Crippen LogP contribution in [0.15, 0.2) is 22.7 Å². The Morgan fingerprint density at radius 2 is 2.14 bits per heavy atom. The molecule has 0 spiro atoms. The number of hydrogen-bond donors (Lipinski definition) is 2. The minimum atomic E-state index is 0.265. The Morgan fingerprint density at radius 1 is 1.38 bits per heavy atom. The van der Waals surface area contributed by atoms with Crippen LogP contribution in [0.4, 0.5) is 5.69 Å². The molecule has 1 aromatic carbocycles. The van der Waals surface area contributed by atoms with Crippen LogP contribution in [0.5, 0.6) is 0 Å². The minimum absolute atomic E-state index is 0.265. The van der Waals surface area contributed by atoms with E-state index in [1.54, 1.807) is 0 Å². The van der Waals surface area contributed by atoms with Gasteiger partial charge in [0, 0.05) is 41.9 Å². The fraction of sp³-hybridized carbons (Fsp3) is 0.647. The lowest BCUT2D eigenvalue weighted by molar-refractivity contribution is 0.283. The van der Waals surface area contributed by atoms with Crippen LogP contribution in [-0.2, 0) is 6.54 Å².